The largest absolute Gasteiger partial charge is 0.388 e. The Bertz CT molecular complexity index is 915. The first-order chi connectivity index (χ1) is 18.2. The van der Waals surface area contributed by atoms with E-state index in [-0.39, 0.29) is 5.78 Å². The number of benzene rings is 2. The Balaban J connectivity index is 1.13. The smallest absolute Gasteiger partial charge is 0.194 e. The first kappa shape index (κ1) is 29.6. The molecule has 0 saturated carbocycles. The zero-order valence-corrected chi connectivity index (χ0v) is 23.6. The average molecular weight is 505 g/mol. The molecule has 3 rings (SSSR count). The molecule has 0 aromatic heterocycles. The molecule has 204 valence electrons. The van der Waals surface area contributed by atoms with E-state index in [4.69, 9.17) is 0 Å². The van der Waals surface area contributed by atoms with Crippen LogP contribution in [0.4, 0.5) is 0 Å². The van der Waals surface area contributed by atoms with Gasteiger partial charge in [0.2, 0.25) is 0 Å². The van der Waals surface area contributed by atoms with E-state index in [1.54, 1.807) is 0 Å². The SMILES string of the molecule is CCCCCCCCCCCCCCCCCCCCCC(O)c1ccc2c(c1)C(=O)c1ccccc1-2. The van der Waals surface area contributed by atoms with Gasteiger partial charge in [0.05, 0.1) is 6.10 Å². The summed E-state index contributed by atoms with van der Waals surface area (Å²) in [5, 5.41) is 10.7. The summed E-state index contributed by atoms with van der Waals surface area (Å²) in [5.74, 6) is 0.0862. The Morgan fingerprint density at radius 2 is 0.973 bits per heavy atom. The number of aliphatic hydroxyl groups is 1. The molecule has 1 aliphatic rings. The van der Waals surface area contributed by atoms with Gasteiger partial charge in [0, 0.05) is 11.1 Å². The average Bonchev–Trinajstić information content (AvgIpc) is 3.21. The van der Waals surface area contributed by atoms with Crippen LogP contribution < -0.4 is 0 Å². The molecule has 2 heteroatoms. The summed E-state index contributed by atoms with van der Waals surface area (Å²) in [6, 6.07) is 13.7. The fourth-order valence-corrected chi connectivity index (χ4v) is 5.84. The summed E-state index contributed by atoms with van der Waals surface area (Å²) >= 11 is 0. The lowest BCUT2D eigenvalue weighted by Crippen LogP contribution is -2.01. The number of carbonyl (C=O) groups excluding carboxylic acids is 1. The molecule has 1 aliphatic carbocycles. The number of hydrogen-bond acceptors (Lipinski definition) is 2. The molecule has 37 heavy (non-hydrogen) atoms. The summed E-state index contributed by atoms with van der Waals surface area (Å²) in [7, 11) is 0. The number of hydrogen-bond donors (Lipinski definition) is 1. The molecule has 0 saturated heterocycles. The minimum Gasteiger partial charge on any atom is -0.388 e. The maximum atomic E-state index is 12.7. The highest BCUT2D eigenvalue weighted by atomic mass is 16.3. The second kappa shape index (κ2) is 17.6. The van der Waals surface area contributed by atoms with E-state index in [0.29, 0.717) is 0 Å². The predicted molar refractivity (Wildman–Crippen MR) is 158 cm³/mol. The molecule has 2 aromatic rings. The molecule has 0 radical (unpaired) electrons. The van der Waals surface area contributed by atoms with Gasteiger partial charge in [0.1, 0.15) is 0 Å². The van der Waals surface area contributed by atoms with Crippen molar-refractivity contribution in [2.24, 2.45) is 0 Å². The Morgan fingerprint density at radius 1 is 0.541 bits per heavy atom. The predicted octanol–water partition coefficient (Wildman–Crippen LogP) is 10.8. The lowest BCUT2D eigenvalue weighted by molar-refractivity contribution is 0.104. The third kappa shape index (κ3) is 10.0. The molecule has 1 unspecified atom stereocenters. The summed E-state index contributed by atoms with van der Waals surface area (Å²) in [4.78, 5) is 12.7. The Hall–Kier alpha value is -1.93. The third-order valence-electron chi connectivity index (χ3n) is 8.22. The molecule has 0 heterocycles. The van der Waals surface area contributed by atoms with Crippen LogP contribution in [0.25, 0.3) is 11.1 Å². The Kier molecular flexibility index (Phi) is 14.1. The monoisotopic (exact) mass is 504 g/mol. The summed E-state index contributed by atoms with van der Waals surface area (Å²) in [6.45, 7) is 2.29. The molecule has 0 aliphatic heterocycles. The van der Waals surface area contributed by atoms with Crippen molar-refractivity contribution in [3.63, 3.8) is 0 Å². The normalized spacial score (nSPS) is 13.1. The van der Waals surface area contributed by atoms with Gasteiger partial charge in [-0.2, -0.15) is 0 Å². The Labute approximate surface area is 227 Å². The standard InChI is InChI=1S/C35H52O2/c1-2-3-4-5-6-7-8-9-10-11-12-13-14-15-16-17-18-19-20-25-34(36)29-26-27-31-30-23-21-22-24-32(30)35(37)33(31)28-29/h21-24,26-28,34,36H,2-20,25H2,1H3. The van der Waals surface area contributed by atoms with Gasteiger partial charge >= 0.3 is 0 Å². The van der Waals surface area contributed by atoms with Crippen molar-refractivity contribution < 1.29 is 9.90 Å². The van der Waals surface area contributed by atoms with E-state index in [0.717, 1.165) is 40.7 Å². The summed E-state index contributed by atoms with van der Waals surface area (Å²) in [6.07, 6.45) is 26.4. The maximum Gasteiger partial charge on any atom is 0.194 e. The van der Waals surface area contributed by atoms with Crippen LogP contribution in [0.3, 0.4) is 0 Å². The molecular formula is C35H52O2. The van der Waals surface area contributed by atoms with E-state index in [2.05, 4.69) is 6.92 Å². The van der Waals surface area contributed by atoms with E-state index < -0.39 is 6.10 Å². The van der Waals surface area contributed by atoms with Crippen molar-refractivity contribution in [2.75, 3.05) is 0 Å². The van der Waals surface area contributed by atoms with E-state index in [1.807, 2.05) is 42.5 Å². The topological polar surface area (TPSA) is 37.3 Å². The first-order valence-electron chi connectivity index (χ1n) is 15.7. The molecule has 2 aromatic carbocycles. The van der Waals surface area contributed by atoms with Crippen LogP contribution in [0.15, 0.2) is 42.5 Å². The second-order valence-electron chi connectivity index (χ2n) is 11.3. The Morgan fingerprint density at radius 3 is 1.49 bits per heavy atom. The van der Waals surface area contributed by atoms with Crippen molar-refractivity contribution in [3.05, 3.63) is 59.2 Å². The molecule has 0 amide bonds. The molecule has 0 spiro atoms. The fraction of sp³-hybridized carbons (Fsp3) is 0.629. The lowest BCUT2D eigenvalue weighted by atomic mass is 9.97. The van der Waals surface area contributed by atoms with Crippen LogP contribution in [0.2, 0.25) is 0 Å². The van der Waals surface area contributed by atoms with E-state index in [1.165, 1.54) is 116 Å². The second-order valence-corrected chi connectivity index (χ2v) is 11.3. The van der Waals surface area contributed by atoms with Crippen molar-refractivity contribution in [3.8, 4) is 11.1 Å². The maximum absolute atomic E-state index is 12.7. The molecule has 2 nitrogen and oxygen atoms in total. The molecule has 0 bridgehead atoms. The minimum absolute atomic E-state index is 0.0862. The van der Waals surface area contributed by atoms with Gasteiger partial charge < -0.3 is 5.11 Å². The quantitative estimate of drug-likeness (QED) is 0.146. The summed E-state index contributed by atoms with van der Waals surface area (Å²) in [5.41, 5.74) is 4.42. The van der Waals surface area contributed by atoms with Crippen LogP contribution in [-0.2, 0) is 0 Å². The molecular weight excluding hydrogens is 452 g/mol. The minimum atomic E-state index is -0.479. The highest BCUT2D eigenvalue weighted by Gasteiger charge is 2.26. The zero-order valence-electron chi connectivity index (χ0n) is 23.6. The van der Waals surface area contributed by atoms with Crippen LogP contribution >= 0.6 is 0 Å². The zero-order chi connectivity index (χ0) is 26.1. The highest BCUT2D eigenvalue weighted by molar-refractivity contribution is 6.21. The van der Waals surface area contributed by atoms with Gasteiger partial charge in [-0.25, -0.2) is 0 Å². The van der Waals surface area contributed by atoms with Gasteiger partial charge in [-0.15, -0.1) is 0 Å². The molecule has 0 fully saturated rings. The number of carbonyl (C=O) groups is 1. The third-order valence-corrected chi connectivity index (χ3v) is 8.22. The van der Waals surface area contributed by atoms with Crippen molar-refractivity contribution in [2.45, 2.75) is 141 Å². The van der Waals surface area contributed by atoms with Crippen LogP contribution in [0.5, 0.6) is 0 Å². The lowest BCUT2D eigenvalue weighted by Gasteiger charge is -2.12. The van der Waals surface area contributed by atoms with Gasteiger partial charge in [-0.05, 0) is 29.2 Å². The van der Waals surface area contributed by atoms with Gasteiger partial charge in [-0.3, -0.25) is 4.79 Å². The number of ketones is 1. The van der Waals surface area contributed by atoms with Gasteiger partial charge in [0.25, 0.3) is 0 Å². The highest BCUT2D eigenvalue weighted by Crippen LogP contribution is 2.38. The van der Waals surface area contributed by atoms with Crippen LogP contribution in [-0.4, -0.2) is 10.9 Å². The first-order valence-corrected chi connectivity index (χ1v) is 15.7. The number of rotatable bonds is 21. The van der Waals surface area contributed by atoms with Gasteiger partial charge in [-0.1, -0.05) is 165 Å². The van der Waals surface area contributed by atoms with Gasteiger partial charge in [0.15, 0.2) is 5.78 Å². The number of unbranched alkanes of at least 4 members (excludes halogenated alkanes) is 18. The van der Waals surface area contributed by atoms with Crippen molar-refractivity contribution >= 4 is 5.78 Å². The number of fused-ring (bicyclic) bond motifs is 3. The number of aliphatic hydroxyl groups excluding tert-OH is 1. The van der Waals surface area contributed by atoms with Crippen LogP contribution in [0.1, 0.15) is 163 Å². The molecule has 1 atom stereocenters. The van der Waals surface area contributed by atoms with Crippen LogP contribution in [0, 0.1) is 0 Å². The molecule has 1 N–H and O–H groups in total. The van der Waals surface area contributed by atoms with Crippen molar-refractivity contribution in [1.29, 1.82) is 0 Å². The van der Waals surface area contributed by atoms with Crippen molar-refractivity contribution in [1.82, 2.24) is 0 Å². The summed E-state index contributed by atoms with van der Waals surface area (Å²) < 4.78 is 0. The van der Waals surface area contributed by atoms with E-state index in [9.17, 15) is 9.90 Å². The fourth-order valence-electron chi connectivity index (χ4n) is 5.84. The van der Waals surface area contributed by atoms with E-state index >= 15 is 0 Å².